The predicted octanol–water partition coefficient (Wildman–Crippen LogP) is 1.21. The Morgan fingerprint density at radius 2 is 1.95 bits per heavy atom. The van der Waals surface area contributed by atoms with Crippen molar-refractivity contribution in [1.82, 2.24) is 10.2 Å². The van der Waals surface area contributed by atoms with Gasteiger partial charge < -0.3 is 10.1 Å². The zero-order valence-corrected chi connectivity index (χ0v) is 12.0. The molecule has 4 nitrogen and oxygen atoms in total. The number of methoxy groups -OCH3 is 1. The fourth-order valence-corrected chi connectivity index (χ4v) is 2.69. The first-order valence-corrected chi connectivity index (χ1v) is 6.85. The van der Waals surface area contributed by atoms with E-state index in [4.69, 9.17) is 4.74 Å². The molecule has 0 radical (unpaired) electrons. The molecule has 1 heterocycles. The highest BCUT2D eigenvalue weighted by Gasteiger charge is 2.41. The number of nitrogens with one attached hydrogen (secondary N) is 1. The lowest BCUT2D eigenvalue weighted by Gasteiger charge is -2.41. The Morgan fingerprint density at radius 3 is 2.50 bits per heavy atom. The van der Waals surface area contributed by atoms with Gasteiger partial charge in [-0.05, 0) is 24.6 Å². The largest absolute Gasteiger partial charge is 0.468 e. The number of hydrogen-bond acceptors (Lipinski definition) is 4. The maximum Gasteiger partial charge on any atom is 0.326 e. The molecule has 0 bridgehead atoms. The Bertz CT molecular complexity index is 457. The van der Waals surface area contributed by atoms with Gasteiger partial charge in [0.2, 0.25) is 0 Å². The average molecular weight is 280 g/mol. The van der Waals surface area contributed by atoms with Crippen molar-refractivity contribution in [3.05, 3.63) is 35.6 Å². The molecule has 1 saturated heterocycles. The summed E-state index contributed by atoms with van der Waals surface area (Å²) in [5.41, 5.74) is 0.215. The molecule has 110 valence electrons. The van der Waals surface area contributed by atoms with E-state index in [9.17, 15) is 9.18 Å². The summed E-state index contributed by atoms with van der Waals surface area (Å²) in [6, 6.07) is 6.28. The lowest BCUT2D eigenvalue weighted by molar-refractivity contribution is -0.154. The van der Waals surface area contributed by atoms with E-state index in [1.807, 2.05) is 6.92 Å². The smallest absolute Gasteiger partial charge is 0.326 e. The van der Waals surface area contributed by atoms with Crippen LogP contribution in [-0.4, -0.2) is 49.7 Å². The lowest BCUT2D eigenvalue weighted by Crippen LogP contribution is -2.60. The third-order valence-corrected chi connectivity index (χ3v) is 3.90. The Kier molecular flexibility index (Phi) is 4.73. The molecule has 1 aromatic carbocycles. The number of halogens is 1. The van der Waals surface area contributed by atoms with Crippen molar-refractivity contribution < 1.29 is 13.9 Å². The van der Waals surface area contributed by atoms with Gasteiger partial charge in [0.25, 0.3) is 0 Å². The zero-order valence-electron chi connectivity index (χ0n) is 12.0. The van der Waals surface area contributed by atoms with E-state index >= 15 is 0 Å². The van der Waals surface area contributed by atoms with Crippen LogP contribution in [0.3, 0.4) is 0 Å². The molecule has 0 aliphatic carbocycles. The number of carbonyl (C=O) groups excluding carboxylic acids is 1. The van der Waals surface area contributed by atoms with Gasteiger partial charge >= 0.3 is 5.97 Å². The van der Waals surface area contributed by atoms with Crippen LogP contribution in [0.25, 0.3) is 0 Å². The van der Waals surface area contributed by atoms with Crippen molar-refractivity contribution in [3.8, 4) is 0 Å². The molecule has 0 amide bonds. The topological polar surface area (TPSA) is 41.6 Å². The minimum atomic E-state index is -0.714. The number of carbonyl (C=O) groups is 1. The van der Waals surface area contributed by atoms with Gasteiger partial charge in [-0.25, -0.2) is 4.39 Å². The number of hydrogen-bond donors (Lipinski definition) is 1. The molecule has 1 atom stereocenters. The van der Waals surface area contributed by atoms with Crippen LogP contribution in [0.15, 0.2) is 24.3 Å². The lowest BCUT2D eigenvalue weighted by atomic mass is 9.90. The molecular weight excluding hydrogens is 259 g/mol. The second-order valence-electron chi connectivity index (χ2n) is 5.31. The summed E-state index contributed by atoms with van der Waals surface area (Å²) in [6.07, 6.45) is 0.514. The number of ether oxygens (including phenoxy) is 1. The SMILES string of the molecule is COC(=O)C(C)(Cc1ccc(F)cc1)N1CCNCC1. The number of piperazine rings is 1. The van der Waals surface area contributed by atoms with E-state index < -0.39 is 5.54 Å². The van der Waals surface area contributed by atoms with Crippen LogP contribution in [0.1, 0.15) is 12.5 Å². The van der Waals surface area contributed by atoms with Crippen LogP contribution >= 0.6 is 0 Å². The van der Waals surface area contributed by atoms with Crippen LogP contribution < -0.4 is 5.32 Å². The Balaban J connectivity index is 2.21. The minimum absolute atomic E-state index is 0.247. The molecule has 1 aromatic rings. The number of esters is 1. The monoisotopic (exact) mass is 280 g/mol. The maximum absolute atomic E-state index is 13.0. The van der Waals surface area contributed by atoms with Crippen molar-refractivity contribution in [1.29, 1.82) is 0 Å². The molecule has 20 heavy (non-hydrogen) atoms. The molecule has 0 aromatic heterocycles. The highest BCUT2D eigenvalue weighted by atomic mass is 19.1. The second-order valence-corrected chi connectivity index (χ2v) is 5.31. The molecule has 1 N–H and O–H groups in total. The first-order chi connectivity index (χ1) is 9.56. The number of benzene rings is 1. The quantitative estimate of drug-likeness (QED) is 0.842. The van der Waals surface area contributed by atoms with Gasteiger partial charge in [0, 0.05) is 32.6 Å². The highest BCUT2D eigenvalue weighted by Crippen LogP contribution is 2.23. The number of nitrogens with zero attached hydrogens (tertiary/aromatic N) is 1. The Labute approximate surface area is 118 Å². The molecule has 1 aliphatic heterocycles. The molecule has 0 saturated carbocycles. The van der Waals surface area contributed by atoms with Crippen molar-refractivity contribution in [2.24, 2.45) is 0 Å². The van der Waals surface area contributed by atoms with Crippen LogP contribution in [0.5, 0.6) is 0 Å². The molecular formula is C15H21FN2O2. The minimum Gasteiger partial charge on any atom is -0.468 e. The van der Waals surface area contributed by atoms with Crippen molar-refractivity contribution in [2.45, 2.75) is 18.9 Å². The molecule has 1 fully saturated rings. The van der Waals surface area contributed by atoms with Crippen LogP contribution in [-0.2, 0) is 16.0 Å². The average Bonchev–Trinajstić information content (AvgIpc) is 2.49. The van der Waals surface area contributed by atoms with Gasteiger partial charge in [-0.15, -0.1) is 0 Å². The summed E-state index contributed by atoms with van der Waals surface area (Å²) in [5, 5.41) is 3.27. The number of rotatable bonds is 4. The second kappa shape index (κ2) is 6.33. The summed E-state index contributed by atoms with van der Waals surface area (Å²) >= 11 is 0. The molecule has 2 rings (SSSR count). The van der Waals surface area contributed by atoms with Gasteiger partial charge in [-0.3, -0.25) is 9.69 Å². The van der Waals surface area contributed by atoms with E-state index in [2.05, 4.69) is 10.2 Å². The van der Waals surface area contributed by atoms with Crippen LogP contribution in [0.4, 0.5) is 4.39 Å². The van der Waals surface area contributed by atoms with Crippen LogP contribution in [0, 0.1) is 5.82 Å². The van der Waals surface area contributed by atoms with Gasteiger partial charge in [0.05, 0.1) is 7.11 Å². The summed E-state index contributed by atoms with van der Waals surface area (Å²) < 4.78 is 18.0. The van der Waals surface area contributed by atoms with E-state index in [0.29, 0.717) is 6.42 Å². The third kappa shape index (κ3) is 3.16. The summed E-state index contributed by atoms with van der Waals surface area (Å²) in [4.78, 5) is 14.4. The maximum atomic E-state index is 13.0. The Hall–Kier alpha value is -1.46. The van der Waals surface area contributed by atoms with Crippen LogP contribution in [0.2, 0.25) is 0 Å². The highest BCUT2D eigenvalue weighted by molar-refractivity contribution is 5.80. The van der Waals surface area contributed by atoms with Crippen molar-refractivity contribution in [3.63, 3.8) is 0 Å². The van der Waals surface area contributed by atoms with Gasteiger partial charge in [0.15, 0.2) is 0 Å². The summed E-state index contributed by atoms with van der Waals surface area (Å²) in [6.45, 7) is 5.21. The summed E-state index contributed by atoms with van der Waals surface area (Å²) in [5.74, 6) is -0.514. The standard InChI is InChI=1S/C15H21FN2O2/c1-15(14(19)20-2,18-9-7-17-8-10-18)11-12-3-5-13(16)6-4-12/h3-6,17H,7-11H2,1-2H3. The van der Waals surface area contributed by atoms with E-state index in [-0.39, 0.29) is 11.8 Å². The molecule has 1 aliphatic rings. The summed E-state index contributed by atoms with van der Waals surface area (Å²) in [7, 11) is 1.41. The zero-order chi connectivity index (χ0) is 14.6. The first-order valence-electron chi connectivity index (χ1n) is 6.85. The van der Waals surface area contributed by atoms with Crippen molar-refractivity contribution in [2.75, 3.05) is 33.3 Å². The van der Waals surface area contributed by atoms with Crippen molar-refractivity contribution >= 4 is 5.97 Å². The third-order valence-electron chi connectivity index (χ3n) is 3.90. The molecule has 1 unspecified atom stereocenters. The molecule has 0 spiro atoms. The molecule has 5 heteroatoms. The fraction of sp³-hybridized carbons (Fsp3) is 0.533. The van der Waals surface area contributed by atoms with Gasteiger partial charge in [-0.2, -0.15) is 0 Å². The normalized spacial score (nSPS) is 19.4. The van der Waals surface area contributed by atoms with E-state index in [1.54, 1.807) is 12.1 Å². The Morgan fingerprint density at radius 1 is 1.35 bits per heavy atom. The van der Waals surface area contributed by atoms with E-state index in [1.165, 1.54) is 19.2 Å². The van der Waals surface area contributed by atoms with Gasteiger partial charge in [0.1, 0.15) is 11.4 Å². The van der Waals surface area contributed by atoms with E-state index in [0.717, 1.165) is 31.7 Å². The predicted molar refractivity (Wildman–Crippen MR) is 75.0 cm³/mol. The fourth-order valence-electron chi connectivity index (χ4n) is 2.69. The van der Waals surface area contributed by atoms with Gasteiger partial charge in [-0.1, -0.05) is 12.1 Å². The first kappa shape index (κ1) is 14.9.